The molecule has 0 amide bonds. The predicted molar refractivity (Wildman–Crippen MR) is 104 cm³/mol. The summed E-state index contributed by atoms with van der Waals surface area (Å²) in [6, 6.07) is 6.01. The van der Waals surface area contributed by atoms with Crippen LogP contribution in [0.1, 0.15) is 57.1 Å². The molecule has 1 aromatic heterocycles. The molecule has 0 bridgehead atoms. The van der Waals surface area contributed by atoms with Crippen molar-refractivity contribution in [3.05, 3.63) is 30.1 Å². The van der Waals surface area contributed by atoms with Crippen LogP contribution < -0.4 is 10.6 Å². The molecule has 1 saturated carbocycles. The summed E-state index contributed by atoms with van der Waals surface area (Å²) in [6.07, 6.45) is 13.4. The molecule has 2 rings (SSSR count). The smallest absolute Gasteiger partial charge is 0.190 e. The number of hydrogen-bond donors (Lipinski definition) is 2. The van der Waals surface area contributed by atoms with E-state index in [0.29, 0.717) is 6.10 Å². The lowest BCUT2D eigenvalue weighted by atomic mass is 9.98. The van der Waals surface area contributed by atoms with Gasteiger partial charge in [0.05, 0.1) is 6.10 Å². The first-order valence-electron chi connectivity index (χ1n) is 9.84. The zero-order valence-corrected chi connectivity index (χ0v) is 15.7. The van der Waals surface area contributed by atoms with Crippen molar-refractivity contribution in [3.8, 4) is 0 Å². The molecule has 1 aliphatic rings. The molecule has 0 saturated heterocycles. The summed E-state index contributed by atoms with van der Waals surface area (Å²) in [4.78, 5) is 8.59. The Hall–Kier alpha value is -1.62. The van der Waals surface area contributed by atoms with Gasteiger partial charge in [0.15, 0.2) is 5.96 Å². The van der Waals surface area contributed by atoms with Gasteiger partial charge in [-0.25, -0.2) is 0 Å². The lowest BCUT2D eigenvalue weighted by Gasteiger charge is -2.21. The molecule has 5 heteroatoms. The van der Waals surface area contributed by atoms with E-state index in [9.17, 15) is 0 Å². The zero-order chi connectivity index (χ0) is 17.6. The van der Waals surface area contributed by atoms with Gasteiger partial charge in [-0.05, 0) is 44.2 Å². The van der Waals surface area contributed by atoms with Crippen molar-refractivity contribution < 1.29 is 4.74 Å². The maximum atomic E-state index is 5.96. The fourth-order valence-corrected chi connectivity index (χ4v) is 3.17. The molecular weight excluding hydrogens is 312 g/mol. The van der Waals surface area contributed by atoms with Crippen molar-refractivity contribution in [2.75, 3.05) is 26.7 Å². The molecule has 0 atom stereocenters. The number of pyridine rings is 1. The number of rotatable bonds is 10. The van der Waals surface area contributed by atoms with Crippen LogP contribution in [0.25, 0.3) is 0 Å². The molecule has 2 N–H and O–H groups in total. The van der Waals surface area contributed by atoms with E-state index in [4.69, 9.17) is 4.74 Å². The lowest BCUT2D eigenvalue weighted by Crippen LogP contribution is -2.38. The van der Waals surface area contributed by atoms with Gasteiger partial charge < -0.3 is 15.4 Å². The minimum atomic E-state index is 0.536. The fourth-order valence-electron chi connectivity index (χ4n) is 3.17. The summed E-state index contributed by atoms with van der Waals surface area (Å²) in [5, 5.41) is 6.71. The van der Waals surface area contributed by atoms with Gasteiger partial charge in [-0.2, -0.15) is 0 Å². The van der Waals surface area contributed by atoms with E-state index in [1.807, 2.05) is 31.4 Å². The Balaban J connectivity index is 1.44. The predicted octanol–water partition coefficient (Wildman–Crippen LogP) is 3.31. The van der Waals surface area contributed by atoms with Gasteiger partial charge >= 0.3 is 0 Å². The van der Waals surface area contributed by atoms with E-state index in [1.54, 1.807) is 0 Å². The first-order valence-corrected chi connectivity index (χ1v) is 9.84. The Kier molecular flexibility index (Phi) is 10.0. The standard InChI is InChI=1S/C20H34N4O/c1-21-20(24-16-13-18-10-6-8-14-22-18)23-15-7-3-9-17-25-19-11-4-2-5-12-19/h6,8,10,14,19H,2-5,7,9,11-13,15-17H2,1H3,(H2,21,23,24). The summed E-state index contributed by atoms with van der Waals surface area (Å²) >= 11 is 0. The van der Waals surface area contributed by atoms with Gasteiger partial charge in [0.25, 0.3) is 0 Å². The number of unbranched alkanes of at least 4 members (excludes halogenated alkanes) is 2. The third-order valence-corrected chi connectivity index (χ3v) is 4.64. The van der Waals surface area contributed by atoms with Crippen LogP contribution in [0, 0.1) is 0 Å². The minimum Gasteiger partial charge on any atom is -0.378 e. The van der Waals surface area contributed by atoms with Crippen LogP contribution in [0.4, 0.5) is 0 Å². The molecule has 25 heavy (non-hydrogen) atoms. The second-order valence-electron chi connectivity index (χ2n) is 6.69. The minimum absolute atomic E-state index is 0.536. The summed E-state index contributed by atoms with van der Waals surface area (Å²) in [7, 11) is 1.81. The van der Waals surface area contributed by atoms with Gasteiger partial charge in [-0.1, -0.05) is 25.3 Å². The molecule has 1 heterocycles. The van der Waals surface area contributed by atoms with Crippen molar-refractivity contribution in [2.45, 2.75) is 63.9 Å². The first-order chi connectivity index (χ1) is 12.4. The Morgan fingerprint density at radius 2 is 1.96 bits per heavy atom. The van der Waals surface area contributed by atoms with E-state index >= 15 is 0 Å². The molecule has 1 aliphatic carbocycles. The molecular formula is C20H34N4O. The summed E-state index contributed by atoms with van der Waals surface area (Å²) in [6.45, 7) is 2.71. The third-order valence-electron chi connectivity index (χ3n) is 4.64. The third kappa shape index (κ3) is 8.87. The number of aromatic nitrogens is 1. The van der Waals surface area contributed by atoms with Crippen LogP contribution in [0.5, 0.6) is 0 Å². The van der Waals surface area contributed by atoms with Gasteiger partial charge in [-0.3, -0.25) is 9.98 Å². The first kappa shape index (κ1) is 19.7. The highest BCUT2D eigenvalue weighted by molar-refractivity contribution is 5.79. The molecule has 0 radical (unpaired) electrons. The van der Waals surface area contributed by atoms with Gasteiger partial charge in [0.1, 0.15) is 0 Å². The largest absolute Gasteiger partial charge is 0.378 e. The van der Waals surface area contributed by atoms with Crippen LogP contribution in [0.3, 0.4) is 0 Å². The second kappa shape index (κ2) is 12.7. The molecule has 0 aromatic carbocycles. The molecule has 0 unspecified atom stereocenters. The number of aliphatic imine (C=N–C) groups is 1. The molecule has 0 aliphatic heterocycles. The van der Waals surface area contributed by atoms with Gasteiger partial charge in [0, 0.05) is 45.1 Å². The quantitative estimate of drug-likeness (QED) is 0.388. The zero-order valence-electron chi connectivity index (χ0n) is 15.7. The van der Waals surface area contributed by atoms with Crippen molar-refractivity contribution in [1.82, 2.24) is 15.6 Å². The van der Waals surface area contributed by atoms with Crippen molar-refractivity contribution in [2.24, 2.45) is 4.99 Å². The molecule has 5 nitrogen and oxygen atoms in total. The van der Waals surface area contributed by atoms with Gasteiger partial charge in [-0.15, -0.1) is 0 Å². The van der Waals surface area contributed by atoms with Crippen LogP contribution in [-0.2, 0) is 11.2 Å². The lowest BCUT2D eigenvalue weighted by molar-refractivity contribution is 0.0264. The van der Waals surface area contributed by atoms with E-state index in [1.165, 1.54) is 38.5 Å². The summed E-state index contributed by atoms with van der Waals surface area (Å²) < 4.78 is 5.96. The number of nitrogens with one attached hydrogen (secondary N) is 2. The van der Waals surface area contributed by atoms with Crippen molar-refractivity contribution >= 4 is 5.96 Å². The molecule has 1 fully saturated rings. The maximum Gasteiger partial charge on any atom is 0.190 e. The van der Waals surface area contributed by atoms with E-state index in [2.05, 4.69) is 20.6 Å². The normalized spacial score (nSPS) is 16.0. The Labute approximate surface area is 152 Å². The SMILES string of the molecule is CN=C(NCCCCCOC1CCCCC1)NCCc1ccccn1. The number of ether oxygens (including phenoxy) is 1. The maximum absolute atomic E-state index is 5.96. The van der Waals surface area contributed by atoms with Crippen molar-refractivity contribution in [1.29, 1.82) is 0 Å². The van der Waals surface area contributed by atoms with Crippen LogP contribution in [-0.4, -0.2) is 43.8 Å². The van der Waals surface area contributed by atoms with E-state index in [0.717, 1.165) is 50.6 Å². The molecule has 1 aromatic rings. The van der Waals surface area contributed by atoms with Crippen LogP contribution >= 0.6 is 0 Å². The molecule has 0 spiro atoms. The van der Waals surface area contributed by atoms with E-state index < -0.39 is 0 Å². The van der Waals surface area contributed by atoms with Crippen LogP contribution in [0.15, 0.2) is 29.4 Å². The number of nitrogens with zero attached hydrogens (tertiary/aromatic N) is 2. The fraction of sp³-hybridized carbons (Fsp3) is 0.700. The molecule has 140 valence electrons. The highest BCUT2D eigenvalue weighted by Crippen LogP contribution is 2.20. The van der Waals surface area contributed by atoms with Crippen LogP contribution in [0.2, 0.25) is 0 Å². The highest BCUT2D eigenvalue weighted by atomic mass is 16.5. The monoisotopic (exact) mass is 346 g/mol. The highest BCUT2D eigenvalue weighted by Gasteiger charge is 2.12. The average molecular weight is 347 g/mol. The van der Waals surface area contributed by atoms with Gasteiger partial charge in [0.2, 0.25) is 0 Å². The van der Waals surface area contributed by atoms with E-state index in [-0.39, 0.29) is 0 Å². The Morgan fingerprint density at radius 1 is 1.12 bits per heavy atom. The topological polar surface area (TPSA) is 58.5 Å². The summed E-state index contributed by atoms with van der Waals surface area (Å²) in [5.41, 5.74) is 1.10. The Bertz CT molecular complexity index is 472. The second-order valence-corrected chi connectivity index (χ2v) is 6.69. The van der Waals surface area contributed by atoms with Crippen molar-refractivity contribution in [3.63, 3.8) is 0 Å². The number of hydrogen-bond acceptors (Lipinski definition) is 3. The average Bonchev–Trinajstić information content (AvgIpc) is 2.67. The summed E-state index contributed by atoms with van der Waals surface area (Å²) in [5.74, 6) is 0.870. The number of guanidine groups is 1. The Morgan fingerprint density at radius 3 is 2.72 bits per heavy atom.